The first kappa shape index (κ1) is 12.7. The molecule has 20 heavy (non-hydrogen) atoms. The standard InChI is InChI=1S/C18H17NO/c19-18(16-12-7-13-20-16)17(14-8-3-1-4-9-14)15-10-5-2-6-11-15/h1-13,17-18H,19H2. The van der Waals surface area contributed by atoms with Crippen LogP contribution >= 0.6 is 0 Å². The van der Waals surface area contributed by atoms with Gasteiger partial charge in [-0.1, -0.05) is 60.7 Å². The third-order valence-electron chi connectivity index (χ3n) is 3.55. The van der Waals surface area contributed by atoms with E-state index in [1.807, 2.05) is 48.5 Å². The molecule has 100 valence electrons. The van der Waals surface area contributed by atoms with Gasteiger partial charge < -0.3 is 10.2 Å². The zero-order valence-electron chi connectivity index (χ0n) is 11.1. The van der Waals surface area contributed by atoms with Crippen molar-refractivity contribution in [2.24, 2.45) is 5.73 Å². The van der Waals surface area contributed by atoms with Crippen LogP contribution in [0.5, 0.6) is 0 Å². The monoisotopic (exact) mass is 263 g/mol. The van der Waals surface area contributed by atoms with Crippen LogP contribution in [0.25, 0.3) is 0 Å². The van der Waals surface area contributed by atoms with Gasteiger partial charge in [0.05, 0.1) is 12.3 Å². The Morgan fingerprint density at radius 2 is 1.25 bits per heavy atom. The maximum Gasteiger partial charge on any atom is 0.121 e. The van der Waals surface area contributed by atoms with E-state index in [1.54, 1.807) is 6.26 Å². The number of furan rings is 1. The van der Waals surface area contributed by atoms with Gasteiger partial charge in [0.15, 0.2) is 0 Å². The van der Waals surface area contributed by atoms with Crippen LogP contribution < -0.4 is 5.73 Å². The summed E-state index contributed by atoms with van der Waals surface area (Å²) in [4.78, 5) is 0. The molecule has 2 heteroatoms. The highest BCUT2D eigenvalue weighted by atomic mass is 16.3. The molecule has 1 atom stereocenters. The molecule has 3 aromatic rings. The van der Waals surface area contributed by atoms with Gasteiger partial charge >= 0.3 is 0 Å². The molecule has 2 N–H and O–H groups in total. The predicted octanol–water partition coefficient (Wildman–Crippen LogP) is 4.11. The van der Waals surface area contributed by atoms with Crippen LogP contribution in [0.15, 0.2) is 83.5 Å². The summed E-state index contributed by atoms with van der Waals surface area (Å²) in [6.45, 7) is 0. The summed E-state index contributed by atoms with van der Waals surface area (Å²) in [7, 11) is 0. The van der Waals surface area contributed by atoms with Crippen molar-refractivity contribution in [1.82, 2.24) is 0 Å². The molecule has 1 heterocycles. The first-order valence-corrected chi connectivity index (χ1v) is 6.75. The zero-order chi connectivity index (χ0) is 13.8. The van der Waals surface area contributed by atoms with Crippen molar-refractivity contribution in [3.63, 3.8) is 0 Å². The van der Waals surface area contributed by atoms with Gasteiger partial charge in [-0.3, -0.25) is 0 Å². The Balaban J connectivity index is 2.05. The number of rotatable bonds is 4. The van der Waals surface area contributed by atoms with Gasteiger partial charge in [0.25, 0.3) is 0 Å². The molecule has 0 aliphatic carbocycles. The minimum absolute atomic E-state index is 0.0866. The zero-order valence-corrected chi connectivity index (χ0v) is 11.1. The Bertz CT molecular complexity index is 592. The van der Waals surface area contributed by atoms with Gasteiger partial charge in [0, 0.05) is 5.92 Å². The van der Waals surface area contributed by atoms with Crippen molar-refractivity contribution in [3.05, 3.63) is 95.9 Å². The predicted molar refractivity (Wildman–Crippen MR) is 80.4 cm³/mol. The van der Waals surface area contributed by atoms with E-state index < -0.39 is 0 Å². The fraction of sp³-hybridized carbons (Fsp3) is 0.111. The Hall–Kier alpha value is -2.32. The van der Waals surface area contributed by atoms with Crippen LogP contribution in [-0.2, 0) is 0 Å². The molecular formula is C18H17NO. The molecule has 0 aliphatic heterocycles. The molecule has 0 saturated heterocycles. The number of nitrogens with two attached hydrogens (primary N) is 1. The van der Waals surface area contributed by atoms with Crippen molar-refractivity contribution in [2.45, 2.75) is 12.0 Å². The molecule has 0 bridgehead atoms. The molecule has 0 fully saturated rings. The summed E-state index contributed by atoms with van der Waals surface area (Å²) >= 11 is 0. The Morgan fingerprint density at radius 1 is 0.700 bits per heavy atom. The van der Waals surface area contributed by atoms with Crippen molar-refractivity contribution in [1.29, 1.82) is 0 Å². The Morgan fingerprint density at radius 3 is 1.70 bits per heavy atom. The number of benzene rings is 2. The molecular weight excluding hydrogens is 246 g/mol. The number of hydrogen-bond donors (Lipinski definition) is 1. The fourth-order valence-corrected chi connectivity index (χ4v) is 2.57. The molecule has 0 saturated carbocycles. The minimum Gasteiger partial charge on any atom is -0.468 e. The second kappa shape index (κ2) is 5.76. The highest BCUT2D eigenvalue weighted by Gasteiger charge is 2.24. The molecule has 0 amide bonds. The van der Waals surface area contributed by atoms with E-state index in [1.165, 1.54) is 11.1 Å². The van der Waals surface area contributed by atoms with Crippen LogP contribution in [-0.4, -0.2) is 0 Å². The number of hydrogen-bond acceptors (Lipinski definition) is 2. The van der Waals surface area contributed by atoms with E-state index in [2.05, 4.69) is 24.3 Å². The lowest BCUT2D eigenvalue weighted by Crippen LogP contribution is -2.20. The molecule has 0 aliphatic rings. The lowest BCUT2D eigenvalue weighted by Gasteiger charge is -2.23. The first-order valence-electron chi connectivity index (χ1n) is 6.75. The minimum atomic E-state index is -0.199. The van der Waals surface area contributed by atoms with Crippen LogP contribution in [0.2, 0.25) is 0 Å². The third-order valence-corrected chi connectivity index (χ3v) is 3.55. The van der Waals surface area contributed by atoms with Crippen LogP contribution in [0, 0.1) is 0 Å². The van der Waals surface area contributed by atoms with Gasteiger partial charge in [-0.25, -0.2) is 0 Å². The third kappa shape index (κ3) is 2.51. The normalized spacial score (nSPS) is 12.5. The summed E-state index contributed by atoms with van der Waals surface area (Å²) in [6.07, 6.45) is 1.67. The van der Waals surface area contributed by atoms with E-state index >= 15 is 0 Å². The van der Waals surface area contributed by atoms with Gasteiger partial charge in [-0.2, -0.15) is 0 Å². The summed E-state index contributed by atoms with van der Waals surface area (Å²) in [5.41, 5.74) is 8.85. The topological polar surface area (TPSA) is 39.2 Å². The summed E-state index contributed by atoms with van der Waals surface area (Å²) in [5.74, 6) is 0.895. The second-order valence-electron chi connectivity index (χ2n) is 4.84. The van der Waals surface area contributed by atoms with Crippen molar-refractivity contribution < 1.29 is 4.42 Å². The molecule has 1 aromatic heterocycles. The van der Waals surface area contributed by atoms with Crippen LogP contribution in [0.3, 0.4) is 0 Å². The Kier molecular flexibility index (Phi) is 3.66. The molecule has 2 aromatic carbocycles. The lowest BCUT2D eigenvalue weighted by atomic mass is 9.84. The maximum absolute atomic E-state index is 6.45. The van der Waals surface area contributed by atoms with E-state index in [9.17, 15) is 0 Å². The van der Waals surface area contributed by atoms with E-state index in [0.29, 0.717) is 0 Å². The highest BCUT2D eigenvalue weighted by Crippen LogP contribution is 2.35. The van der Waals surface area contributed by atoms with E-state index in [0.717, 1.165) is 5.76 Å². The highest BCUT2D eigenvalue weighted by molar-refractivity contribution is 5.35. The average molecular weight is 263 g/mol. The second-order valence-corrected chi connectivity index (χ2v) is 4.84. The van der Waals surface area contributed by atoms with Gasteiger partial charge in [-0.05, 0) is 23.3 Å². The molecule has 0 spiro atoms. The maximum atomic E-state index is 6.45. The smallest absolute Gasteiger partial charge is 0.121 e. The fourth-order valence-electron chi connectivity index (χ4n) is 2.57. The molecule has 2 nitrogen and oxygen atoms in total. The first-order chi connectivity index (χ1) is 9.86. The summed E-state index contributed by atoms with van der Waals surface area (Å²) < 4.78 is 5.49. The lowest BCUT2D eigenvalue weighted by molar-refractivity contribution is 0.444. The van der Waals surface area contributed by atoms with E-state index in [-0.39, 0.29) is 12.0 Å². The molecule has 1 unspecified atom stereocenters. The Labute approximate surface area is 118 Å². The van der Waals surface area contributed by atoms with Gasteiger partial charge in [-0.15, -0.1) is 0 Å². The van der Waals surface area contributed by atoms with E-state index in [4.69, 9.17) is 10.2 Å². The van der Waals surface area contributed by atoms with Gasteiger partial charge in [0.1, 0.15) is 5.76 Å². The van der Waals surface area contributed by atoms with Crippen molar-refractivity contribution >= 4 is 0 Å². The quantitative estimate of drug-likeness (QED) is 0.769. The van der Waals surface area contributed by atoms with Gasteiger partial charge in [0.2, 0.25) is 0 Å². The van der Waals surface area contributed by atoms with Crippen LogP contribution in [0.1, 0.15) is 28.8 Å². The average Bonchev–Trinajstić information content (AvgIpc) is 3.04. The summed E-state index contributed by atoms with van der Waals surface area (Å²) in [6, 6.07) is 24.3. The SMILES string of the molecule is NC(c1ccco1)C(c1ccccc1)c1ccccc1. The molecule has 0 radical (unpaired) electrons. The van der Waals surface area contributed by atoms with Crippen LogP contribution in [0.4, 0.5) is 0 Å². The largest absolute Gasteiger partial charge is 0.468 e. The van der Waals surface area contributed by atoms with Crippen molar-refractivity contribution in [2.75, 3.05) is 0 Å². The summed E-state index contributed by atoms with van der Waals surface area (Å²) in [5, 5.41) is 0. The van der Waals surface area contributed by atoms with Crippen molar-refractivity contribution in [3.8, 4) is 0 Å². The molecule has 3 rings (SSSR count).